The van der Waals surface area contributed by atoms with Gasteiger partial charge in [-0.25, -0.2) is 34.9 Å². The number of pyridine rings is 1. The van der Waals surface area contributed by atoms with Crippen molar-refractivity contribution in [3.05, 3.63) is 322 Å². The van der Waals surface area contributed by atoms with Crippen LogP contribution in [-0.2, 0) is 0 Å². The zero-order chi connectivity index (χ0) is 66.7. The van der Waals surface area contributed by atoms with Crippen molar-refractivity contribution in [3.8, 4) is 67.5 Å². The van der Waals surface area contributed by atoms with Gasteiger partial charge in [-0.1, -0.05) is 237 Å². The highest BCUT2D eigenvalue weighted by molar-refractivity contribution is 6.27. The Kier molecular flexibility index (Phi) is 12.0. The number of aromatic nitrogens is 9. The summed E-state index contributed by atoms with van der Waals surface area (Å²) in [6.07, 6.45) is 5.34. The van der Waals surface area contributed by atoms with Gasteiger partial charge in [0, 0.05) is 56.8 Å². The Morgan fingerprint density at radius 1 is 0.216 bits per heavy atom. The summed E-state index contributed by atoms with van der Waals surface area (Å²) in [4.78, 5) is 36.8. The van der Waals surface area contributed by atoms with Gasteiger partial charge in [0.1, 0.15) is 16.9 Å². The van der Waals surface area contributed by atoms with Gasteiger partial charge in [0.15, 0.2) is 28.6 Å². The van der Waals surface area contributed by atoms with Crippen LogP contribution in [0.5, 0.6) is 0 Å². The quantitative estimate of drug-likeness (QED) is 0.147. The first kappa shape index (κ1) is 56.2. The van der Waals surface area contributed by atoms with E-state index in [1.165, 1.54) is 43.1 Å². The molecule has 0 unspecified atom stereocenters. The third kappa shape index (κ3) is 8.55. The predicted molar refractivity (Wildman–Crippen MR) is 422 cm³/mol. The molecule has 9 heteroatoms. The molecule has 102 heavy (non-hydrogen) atoms. The summed E-state index contributed by atoms with van der Waals surface area (Å²) in [6, 6.07) is 110. The lowest BCUT2D eigenvalue weighted by atomic mass is 9.90. The normalized spacial score (nSPS) is 12.1. The smallest absolute Gasteiger partial charge is 0.199 e. The number of hydrogen-bond acceptors (Lipinski definition) is 7. The molecular weight excluding hydrogens is 1240 g/mol. The highest BCUT2D eigenvalue weighted by atomic mass is 15.1. The van der Waals surface area contributed by atoms with Crippen molar-refractivity contribution in [1.82, 2.24) is 44.0 Å². The van der Waals surface area contributed by atoms with Crippen molar-refractivity contribution >= 4 is 152 Å². The first-order valence-corrected chi connectivity index (χ1v) is 34.5. The molecule has 470 valence electrons. The van der Waals surface area contributed by atoms with Crippen molar-refractivity contribution in [2.24, 2.45) is 0 Å². The van der Waals surface area contributed by atoms with Gasteiger partial charge < -0.3 is 0 Å². The molecule has 0 N–H and O–H groups in total. The fourth-order valence-corrected chi connectivity index (χ4v) is 16.4. The molecular formula is C93H53N9. The molecule has 0 bridgehead atoms. The van der Waals surface area contributed by atoms with Crippen molar-refractivity contribution in [1.29, 1.82) is 0 Å². The molecule has 9 nitrogen and oxygen atoms in total. The number of nitrogens with zero attached hydrogens (tertiary/aromatic N) is 9. The minimum atomic E-state index is 0.480. The molecule has 6 heterocycles. The summed E-state index contributed by atoms with van der Waals surface area (Å²) < 4.78 is 4.61. The maximum atomic E-state index is 5.75. The standard InChI is InChI=1S/C93H53N9/c1-2-16-55(17-3-1)70-29-15-31-83-86(70)80-49-58-21-5-7-23-60(58)52-85(80)102(83)92-87(65-36-38-69-64(44-65)33-32-56-19-9-10-25-67(56)69)97-81-50-66(53-96-89(81)99-92)63-35-40-74-76(46-63)72-28-13-12-27-71(72)73-39-34-61(45-77(73)74)62-37-41-82-78(48-62)79-47-57-20-4-6-22-59(57)51-84(79)101(82)93-88(98-90-91(100-93)95-43-42-94-90)75-30-14-24-54-18-8-11-26-68(54)75/h1-53H. The molecule has 22 aromatic rings. The third-order valence-electron chi connectivity index (χ3n) is 21.2. The average molecular weight is 1300 g/mol. The Morgan fingerprint density at radius 3 is 1.46 bits per heavy atom. The lowest BCUT2D eigenvalue weighted by Crippen LogP contribution is -2.05. The van der Waals surface area contributed by atoms with Crippen molar-refractivity contribution < 1.29 is 0 Å². The summed E-state index contributed by atoms with van der Waals surface area (Å²) in [7, 11) is 0. The van der Waals surface area contributed by atoms with E-state index in [1.807, 2.05) is 6.20 Å². The van der Waals surface area contributed by atoms with Gasteiger partial charge in [0.2, 0.25) is 0 Å². The van der Waals surface area contributed by atoms with E-state index in [0.29, 0.717) is 34.1 Å². The molecule has 22 rings (SSSR count). The number of rotatable bonds is 7. The summed E-state index contributed by atoms with van der Waals surface area (Å²) in [5.41, 5.74) is 16.3. The average Bonchev–Trinajstić information content (AvgIpc) is 1.36. The van der Waals surface area contributed by atoms with E-state index in [1.54, 1.807) is 12.4 Å². The van der Waals surface area contributed by atoms with Crippen LogP contribution in [-0.4, -0.2) is 44.0 Å². The number of benzene rings is 16. The van der Waals surface area contributed by atoms with E-state index in [-0.39, 0.29) is 0 Å². The topological polar surface area (TPSA) is 100 Å². The monoisotopic (exact) mass is 1300 g/mol. The molecule has 0 fully saturated rings. The molecule has 16 aromatic carbocycles. The van der Waals surface area contributed by atoms with Crippen molar-refractivity contribution in [3.63, 3.8) is 0 Å². The van der Waals surface area contributed by atoms with Crippen molar-refractivity contribution in [2.45, 2.75) is 0 Å². The van der Waals surface area contributed by atoms with Crippen LogP contribution >= 0.6 is 0 Å². The van der Waals surface area contributed by atoms with E-state index in [2.05, 4.69) is 317 Å². The predicted octanol–water partition coefficient (Wildman–Crippen LogP) is 23.5. The van der Waals surface area contributed by atoms with E-state index in [9.17, 15) is 0 Å². The van der Waals surface area contributed by atoms with Gasteiger partial charge in [-0.05, 0) is 181 Å². The molecule has 0 aliphatic rings. The second-order valence-corrected chi connectivity index (χ2v) is 26.8. The number of hydrogen-bond donors (Lipinski definition) is 0. The van der Waals surface area contributed by atoms with Crippen LogP contribution in [0.25, 0.3) is 220 Å². The zero-order valence-electron chi connectivity index (χ0n) is 54.6. The molecule has 6 aromatic heterocycles. The highest BCUT2D eigenvalue weighted by Crippen LogP contribution is 2.46. The molecule has 0 atom stereocenters. The van der Waals surface area contributed by atoms with Crippen LogP contribution in [0.3, 0.4) is 0 Å². The van der Waals surface area contributed by atoms with E-state index >= 15 is 0 Å². The lowest BCUT2D eigenvalue weighted by molar-refractivity contribution is 1.05. The SMILES string of the molecule is c1ccc(-c2cccc3c2c2cc4ccccc4cc2n3-c2nc3ncc(-c4ccc5c(c4)c4ccccc4c4ccc(-c6ccc7c(c6)c6cc8ccccc8cc6n7-c6nc7nccnc7nc6-c6cccc7ccccc67)cc45)cc3nc2-c2ccc3c(ccc4ccccc43)c2)cc1. The highest BCUT2D eigenvalue weighted by Gasteiger charge is 2.26. The van der Waals surface area contributed by atoms with Gasteiger partial charge in [-0.3, -0.25) is 9.13 Å². The minimum Gasteiger partial charge on any atom is -0.292 e. The Bertz CT molecular complexity index is 7390. The van der Waals surface area contributed by atoms with E-state index < -0.39 is 0 Å². The third-order valence-corrected chi connectivity index (χ3v) is 21.2. The number of fused-ring (bicyclic) bond motifs is 20. The second kappa shape index (κ2) is 21.8. The molecule has 0 aliphatic heterocycles. The van der Waals surface area contributed by atoms with Crippen molar-refractivity contribution in [2.75, 3.05) is 0 Å². The Labute approximate surface area is 582 Å². The molecule has 0 aliphatic carbocycles. The second-order valence-electron chi connectivity index (χ2n) is 26.8. The summed E-state index contributed by atoms with van der Waals surface area (Å²) >= 11 is 0. The van der Waals surface area contributed by atoms with E-state index in [0.717, 1.165) is 143 Å². The largest absolute Gasteiger partial charge is 0.292 e. The van der Waals surface area contributed by atoms with Gasteiger partial charge in [-0.2, -0.15) is 0 Å². The molecule has 0 amide bonds. The maximum Gasteiger partial charge on any atom is 0.199 e. The van der Waals surface area contributed by atoms with Crippen LogP contribution in [0, 0.1) is 0 Å². The van der Waals surface area contributed by atoms with Crippen LogP contribution in [0.15, 0.2) is 322 Å². The first-order chi connectivity index (χ1) is 50.5. The summed E-state index contributed by atoms with van der Waals surface area (Å²) in [5.74, 6) is 1.40. The minimum absolute atomic E-state index is 0.480. The van der Waals surface area contributed by atoms with Crippen LogP contribution in [0.2, 0.25) is 0 Å². The van der Waals surface area contributed by atoms with E-state index in [4.69, 9.17) is 29.9 Å². The van der Waals surface area contributed by atoms with Crippen LogP contribution < -0.4 is 0 Å². The van der Waals surface area contributed by atoms with Gasteiger partial charge in [0.05, 0.1) is 22.1 Å². The van der Waals surface area contributed by atoms with Gasteiger partial charge >= 0.3 is 0 Å². The lowest BCUT2D eigenvalue weighted by Gasteiger charge is -2.16. The van der Waals surface area contributed by atoms with Gasteiger partial charge in [0.25, 0.3) is 0 Å². The fourth-order valence-electron chi connectivity index (χ4n) is 16.4. The molecule has 0 saturated carbocycles. The first-order valence-electron chi connectivity index (χ1n) is 34.5. The Hall–Kier alpha value is -13.9. The van der Waals surface area contributed by atoms with Gasteiger partial charge in [-0.15, -0.1) is 0 Å². The van der Waals surface area contributed by atoms with Crippen LogP contribution in [0.4, 0.5) is 0 Å². The molecule has 0 saturated heterocycles. The molecule has 0 radical (unpaired) electrons. The fraction of sp³-hybridized carbons (Fsp3) is 0. The Balaban J connectivity index is 0.714. The zero-order valence-corrected chi connectivity index (χ0v) is 54.6. The molecule has 0 spiro atoms. The Morgan fingerprint density at radius 2 is 0.706 bits per heavy atom. The summed E-state index contributed by atoms with van der Waals surface area (Å²) in [5, 5.41) is 23.1. The maximum absolute atomic E-state index is 5.75. The summed E-state index contributed by atoms with van der Waals surface area (Å²) in [6.45, 7) is 0. The van der Waals surface area contributed by atoms with Crippen LogP contribution in [0.1, 0.15) is 0 Å².